The lowest BCUT2D eigenvalue weighted by atomic mass is 10.1. The number of halogens is 1. The van der Waals surface area contributed by atoms with E-state index in [1.165, 1.54) is 4.90 Å². The molecule has 100 valence electrons. The molecule has 1 rings (SSSR count). The topological polar surface area (TPSA) is 55.6 Å². The molecular weight excluding hydrogens is 296 g/mol. The van der Waals surface area contributed by atoms with Gasteiger partial charge in [0.05, 0.1) is 4.47 Å². The van der Waals surface area contributed by atoms with Crippen molar-refractivity contribution in [2.75, 3.05) is 20.6 Å². The van der Waals surface area contributed by atoms with E-state index < -0.39 is 6.10 Å². The van der Waals surface area contributed by atoms with E-state index in [4.69, 9.17) is 10.5 Å². The molecular formula is C13H19BrN2O2. The molecule has 0 radical (unpaired) electrons. The van der Waals surface area contributed by atoms with Gasteiger partial charge >= 0.3 is 0 Å². The molecule has 0 aliphatic carbocycles. The summed E-state index contributed by atoms with van der Waals surface area (Å²) in [5, 5.41) is 0. The molecule has 0 bridgehead atoms. The molecule has 0 aliphatic heterocycles. The summed E-state index contributed by atoms with van der Waals surface area (Å²) in [6.07, 6.45) is 0.321. The monoisotopic (exact) mass is 314 g/mol. The third-order valence-electron chi connectivity index (χ3n) is 2.52. The number of hydrogen-bond donors (Lipinski definition) is 1. The van der Waals surface area contributed by atoms with Crippen LogP contribution in [0, 0.1) is 0 Å². The molecule has 1 amide bonds. The van der Waals surface area contributed by atoms with Crippen LogP contribution in [0.25, 0.3) is 0 Å². The van der Waals surface area contributed by atoms with Crippen LogP contribution in [0.4, 0.5) is 0 Å². The number of hydrogen-bond acceptors (Lipinski definition) is 3. The fraction of sp³-hybridized carbons (Fsp3) is 0.462. The molecule has 18 heavy (non-hydrogen) atoms. The second-order valence-corrected chi connectivity index (χ2v) is 5.15. The summed E-state index contributed by atoms with van der Waals surface area (Å²) in [6, 6.07) is 5.78. The third kappa shape index (κ3) is 3.99. The average molecular weight is 315 g/mol. The standard InChI is InChI=1S/C13H19BrN2O2/c1-9(13(17)16(2)3)18-12-5-4-10(6-7-15)8-11(12)14/h4-5,8-9H,6-7,15H2,1-3H3. The van der Waals surface area contributed by atoms with Crippen LogP contribution in [-0.2, 0) is 11.2 Å². The lowest BCUT2D eigenvalue weighted by Crippen LogP contribution is -2.35. The molecule has 0 spiro atoms. The predicted molar refractivity (Wildman–Crippen MR) is 75.7 cm³/mol. The van der Waals surface area contributed by atoms with Crippen LogP contribution >= 0.6 is 15.9 Å². The molecule has 1 unspecified atom stereocenters. The van der Waals surface area contributed by atoms with E-state index in [2.05, 4.69) is 15.9 Å². The molecule has 0 heterocycles. The lowest BCUT2D eigenvalue weighted by Gasteiger charge is -2.19. The highest BCUT2D eigenvalue weighted by molar-refractivity contribution is 9.10. The SMILES string of the molecule is CC(Oc1ccc(CCN)cc1Br)C(=O)N(C)C. The van der Waals surface area contributed by atoms with E-state index in [1.54, 1.807) is 21.0 Å². The number of benzene rings is 1. The summed E-state index contributed by atoms with van der Waals surface area (Å²) in [4.78, 5) is 13.2. The fourth-order valence-corrected chi connectivity index (χ4v) is 2.09. The summed E-state index contributed by atoms with van der Waals surface area (Å²) in [6.45, 7) is 2.35. The van der Waals surface area contributed by atoms with Crippen molar-refractivity contribution in [3.63, 3.8) is 0 Å². The number of ether oxygens (including phenoxy) is 1. The quantitative estimate of drug-likeness (QED) is 0.901. The summed E-state index contributed by atoms with van der Waals surface area (Å²) in [5.41, 5.74) is 6.65. The van der Waals surface area contributed by atoms with Gasteiger partial charge in [-0.05, 0) is 53.5 Å². The van der Waals surface area contributed by atoms with Gasteiger partial charge in [0.2, 0.25) is 0 Å². The van der Waals surface area contributed by atoms with Crippen molar-refractivity contribution in [2.45, 2.75) is 19.4 Å². The third-order valence-corrected chi connectivity index (χ3v) is 3.14. The second-order valence-electron chi connectivity index (χ2n) is 4.30. The molecule has 4 nitrogen and oxygen atoms in total. The molecule has 1 aromatic carbocycles. The van der Waals surface area contributed by atoms with Crippen molar-refractivity contribution in [3.8, 4) is 5.75 Å². The van der Waals surface area contributed by atoms with E-state index >= 15 is 0 Å². The van der Waals surface area contributed by atoms with Crippen LogP contribution in [0.5, 0.6) is 5.75 Å². The first-order chi connectivity index (χ1) is 8.45. The van der Waals surface area contributed by atoms with Crippen LogP contribution in [0.3, 0.4) is 0 Å². The highest BCUT2D eigenvalue weighted by Gasteiger charge is 2.17. The Morgan fingerprint density at radius 3 is 2.67 bits per heavy atom. The van der Waals surface area contributed by atoms with Gasteiger partial charge in [0.15, 0.2) is 6.10 Å². The maximum Gasteiger partial charge on any atom is 0.262 e. The Morgan fingerprint density at radius 2 is 2.17 bits per heavy atom. The van der Waals surface area contributed by atoms with Gasteiger partial charge in [0.1, 0.15) is 5.75 Å². The minimum atomic E-state index is -0.503. The molecule has 0 saturated carbocycles. The lowest BCUT2D eigenvalue weighted by molar-refractivity contribution is -0.135. The van der Waals surface area contributed by atoms with Crippen molar-refractivity contribution >= 4 is 21.8 Å². The largest absolute Gasteiger partial charge is 0.480 e. The normalized spacial score (nSPS) is 12.1. The van der Waals surface area contributed by atoms with Crippen LogP contribution in [-0.4, -0.2) is 37.6 Å². The van der Waals surface area contributed by atoms with Gasteiger partial charge in [-0.3, -0.25) is 4.79 Å². The maximum absolute atomic E-state index is 11.7. The molecule has 0 fully saturated rings. The zero-order chi connectivity index (χ0) is 13.7. The number of nitrogens with two attached hydrogens (primary N) is 1. The fourth-order valence-electron chi connectivity index (χ4n) is 1.57. The Balaban J connectivity index is 2.76. The first kappa shape index (κ1) is 15.0. The van der Waals surface area contributed by atoms with Gasteiger partial charge in [0.25, 0.3) is 5.91 Å². The predicted octanol–water partition coefficient (Wildman–Crippen LogP) is 1.81. The smallest absolute Gasteiger partial charge is 0.262 e. The van der Waals surface area contributed by atoms with E-state index in [9.17, 15) is 4.79 Å². The van der Waals surface area contributed by atoms with Gasteiger partial charge < -0.3 is 15.4 Å². The van der Waals surface area contributed by atoms with Crippen LogP contribution in [0.2, 0.25) is 0 Å². The highest BCUT2D eigenvalue weighted by Crippen LogP contribution is 2.27. The van der Waals surface area contributed by atoms with Crippen molar-refractivity contribution in [1.82, 2.24) is 4.90 Å². The molecule has 5 heteroatoms. The van der Waals surface area contributed by atoms with Crippen molar-refractivity contribution in [1.29, 1.82) is 0 Å². The van der Waals surface area contributed by atoms with E-state index in [0.717, 1.165) is 16.5 Å². The van der Waals surface area contributed by atoms with Gasteiger partial charge in [-0.1, -0.05) is 6.07 Å². The molecule has 1 atom stereocenters. The zero-order valence-electron chi connectivity index (χ0n) is 10.9. The van der Waals surface area contributed by atoms with Gasteiger partial charge in [-0.2, -0.15) is 0 Å². The van der Waals surface area contributed by atoms with Crippen molar-refractivity contribution in [3.05, 3.63) is 28.2 Å². The summed E-state index contributed by atoms with van der Waals surface area (Å²) >= 11 is 3.44. The Labute approximate surface area is 116 Å². The van der Waals surface area contributed by atoms with Crippen LogP contribution < -0.4 is 10.5 Å². The summed E-state index contributed by atoms with van der Waals surface area (Å²) < 4.78 is 6.47. The minimum Gasteiger partial charge on any atom is -0.480 e. The van der Waals surface area contributed by atoms with E-state index in [1.807, 2.05) is 18.2 Å². The molecule has 0 aliphatic rings. The Morgan fingerprint density at radius 1 is 1.50 bits per heavy atom. The summed E-state index contributed by atoms with van der Waals surface area (Å²) in [7, 11) is 3.42. The average Bonchev–Trinajstić information content (AvgIpc) is 2.31. The molecule has 1 aromatic rings. The summed E-state index contributed by atoms with van der Waals surface area (Å²) in [5.74, 6) is 0.603. The van der Waals surface area contributed by atoms with Gasteiger partial charge in [-0.15, -0.1) is 0 Å². The van der Waals surface area contributed by atoms with E-state index in [0.29, 0.717) is 12.3 Å². The Kier molecular flexibility index (Phi) is 5.62. The Hall–Kier alpha value is -1.07. The zero-order valence-corrected chi connectivity index (χ0v) is 12.5. The highest BCUT2D eigenvalue weighted by atomic mass is 79.9. The first-order valence-corrected chi connectivity index (χ1v) is 6.61. The van der Waals surface area contributed by atoms with Crippen molar-refractivity contribution in [2.24, 2.45) is 5.73 Å². The Bertz CT molecular complexity index is 421. The first-order valence-electron chi connectivity index (χ1n) is 5.82. The number of carbonyl (C=O) groups excluding carboxylic acids is 1. The van der Waals surface area contributed by atoms with Crippen LogP contribution in [0.15, 0.2) is 22.7 Å². The number of nitrogens with zero attached hydrogens (tertiary/aromatic N) is 1. The van der Waals surface area contributed by atoms with Crippen LogP contribution in [0.1, 0.15) is 12.5 Å². The van der Waals surface area contributed by atoms with Gasteiger partial charge in [0, 0.05) is 14.1 Å². The number of likely N-dealkylation sites (N-methyl/N-ethyl adjacent to an activating group) is 1. The number of carbonyl (C=O) groups is 1. The minimum absolute atomic E-state index is 0.0621. The molecule has 2 N–H and O–H groups in total. The number of amides is 1. The molecule has 0 aromatic heterocycles. The second kappa shape index (κ2) is 6.75. The molecule has 0 saturated heterocycles. The maximum atomic E-state index is 11.7. The van der Waals surface area contributed by atoms with Crippen molar-refractivity contribution < 1.29 is 9.53 Å². The van der Waals surface area contributed by atoms with Gasteiger partial charge in [-0.25, -0.2) is 0 Å². The van der Waals surface area contributed by atoms with E-state index in [-0.39, 0.29) is 5.91 Å². The number of rotatable bonds is 5.